The normalized spacial score (nSPS) is 22.3. The van der Waals surface area contributed by atoms with E-state index in [1.54, 1.807) is 18.3 Å². The summed E-state index contributed by atoms with van der Waals surface area (Å²) in [5.74, 6) is -0.880. The van der Waals surface area contributed by atoms with Gasteiger partial charge in [0, 0.05) is 37.8 Å². The molecule has 1 aromatic carbocycles. The number of amides is 1. The van der Waals surface area contributed by atoms with E-state index in [1.165, 1.54) is 19.6 Å². The molecule has 2 aliphatic rings. The number of carboxylic acid groups (broad SMARTS) is 2. The number of nitrogens with one attached hydrogen (secondary N) is 1. The lowest BCUT2D eigenvalue weighted by atomic mass is 10.1. The van der Waals surface area contributed by atoms with E-state index in [2.05, 4.69) is 29.0 Å². The Morgan fingerprint density at radius 2 is 1.75 bits per heavy atom. The number of nitrogens with zero attached hydrogens (tertiary/aromatic N) is 2. The number of carboxylic acids is 2. The molecule has 0 bridgehead atoms. The van der Waals surface area contributed by atoms with E-state index in [-0.39, 0.29) is 5.91 Å². The molecule has 1 amide bonds. The van der Waals surface area contributed by atoms with Gasteiger partial charge in [0.15, 0.2) is 12.2 Å². The van der Waals surface area contributed by atoms with Crippen LogP contribution in [-0.2, 0) is 9.59 Å². The van der Waals surface area contributed by atoms with Crippen molar-refractivity contribution >= 4 is 46.0 Å². The van der Waals surface area contributed by atoms with Crippen LogP contribution in [0.25, 0.3) is 10.9 Å². The third-order valence-electron chi connectivity index (χ3n) is 6.50. The Kier molecular flexibility index (Phi) is 8.72. The zero-order valence-electron chi connectivity index (χ0n) is 20.0. The van der Waals surface area contributed by atoms with Crippen molar-refractivity contribution in [1.29, 1.82) is 0 Å². The summed E-state index contributed by atoms with van der Waals surface area (Å²) in [7, 11) is 0. The summed E-state index contributed by atoms with van der Waals surface area (Å²) in [6.07, 6.45) is -2.86. The van der Waals surface area contributed by atoms with E-state index in [4.69, 9.17) is 37.8 Å². The van der Waals surface area contributed by atoms with Crippen LogP contribution in [0.1, 0.15) is 24.2 Å². The van der Waals surface area contributed by atoms with Crippen molar-refractivity contribution in [2.45, 2.75) is 26.1 Å². The number of aliphatic hydroxyl groups excluding tert-OH is 2. The topological polar surface area (TPSA) is 186 Å². The van der Waals surface area contributed by atoms with E-state index >= 15 is 0 Å². The Labute approximate surface area is 212 Å². The molecule has 2 fully saturated rings. The van der Waals surface area contributed by atoms with E-state index in [9.17, 15) is 14.4 Å². The molecular weight excluding hydrogens is 492 g/mol. The molecule has 0 spiro atoms. The maximum absolute atomic E-state index is 12.7. The summed E-state index contributed by atoms with van der Waals surface area (Å²) in [6, 6.07) is 5.26. The van der Waals surface area contributed by atoms with Gasteiger partial charge in [-0.3, -0.25) is 9.78 Å². The number of anilines is 1. The van der Waals surface area contributed by atoms with Crippen LogP contribution in [0.3, 0.4) is 0 Å². The number of aliphatic carboxylic acids is 2. The SMILES string of the molecule is CC(C)CN1CC2C(CNC(=O)c3cc(Cl)c(N)c4cccnc34)C2C1.O=C(O)[C@H](O)[C@@H](O)C(=O)O. The second-order valence-electron chi connectivity index (χ2n) is 9.60. The van der Waals surface area contributed by atoms with Crippen LogP contribution in [0, 0.1) is 23.7 Å². The van der Waals surface area contributed by atoms with Gasteiger partial charge >= 0.3 is 11.9 Å². The predicted octanol–water partition coefficient (Wildman–Crippen LogP) is 0.911. The maximum Gasteiger partial charge on any atom is 0.335 e. The van der Waals surface area contributed by atoms with Crippen LogP contribution in [0.15, 0.2) is 24.4 Å². The first-order valence-corrected chi connectivity index (χ1v) is 11.9. The number of carbonyl (C=O) groups is 3. The molecule has 11 nitrogen and oxygen atoms in total. The fourth-order valence-electron chi connectivity index (χ4n) is 4.69. The molecule has 1 aromatic heterocycles. The Hall–Kier alpha value is -2.99. The molecule has 1 saturated heterocycles. The molecule has 36 heavy (non-hydrogen) atoms. The lowest BCUT2D eigenvalue weighted by molar-refractivity contribution is -0.165. The number of aromatic nitrogens is 1. The highest BCUT2D eigenvalue weighted by atomic mass is 35.5. The van der Waals surface area contributed by atoms with Gasteiger partial charge in [-0.1, -0.05) is 25.4 Å². The minimum absolute atomic E-state index is 0.125. The number of carbonyl (C=O) groups excluding carboxylic acids is 1. The number of piperidine rings is 1. The quantitative estimate of drug-likeness (QED) is 0.272. The molecule has 1 aliphatic heterocycles. The highest BCUT2D eigenvalue weighted by molar-refractivity contribution is 6.35. The van der Waals surface area contributed by atoms with Gasteiger partial charge in [-0.2, -0.15) is 0 Å². The number of fused-ring (bicyclic) bond motifs is 2. The molecule has 2 heterocycles. The van der Waals surface area contributed by atoms with Crippen LogP contribution in [0.4, 0.5) is 5.69 Å². The number of hydrogen-bond donors (Lipinski definition) is 6. The fourth-order valence-corrected chi connectivity index (χ4v) is 4.90. The first kappa shape index (κ1) is 27.6. The number of aliphatic hydroxyl groups is 2. The lowest BCUT2D eigenvalue weighted by Gasteiger charge is -2.21. The number of nitrogen functional groups attached to an aromatic ring is 1. The summed E-state index contributed by atoms with van der Waals surface area (Å²) < 4.78 is 0. The predicted molar refractivity (Wildman–Crippen MR) is 133 cm³/mol. The molecule has 196 valence electrons. The average molecular weight is 523 g/mol. The summed E-state index contributed by atoms with van der Waals surface area (Å²) in [5.41, 5.74) is 7.58. The molecule has 2 unspecified atom stereocenters. The second kappa shape index (κ2) is 11.4. The molecule has 12 heteroatoms. The zero-order valence-corrected chi connectivity index (χ0v) is 20.7. The van der Waals surface area contributed by atoms with Crippen molar-refractivity contribution in [3.63, 3.8) is 0 Å². The third-order valence-corrected chi connectivity index (χ3v) is 6.81. The number of benzene rings is 1. The van der Waals surface area contributed by atoms with Gasteiger partial charge in [0.1, 0.15) is 0 Å². The monoisotopic (exact) mass is 522 g/mol. The number of nitrogens with two attached hydrogens (primary N) is 1. The van der Waals surface area contributed by atoms with Gasteiger partial charge in [0.2, 0.25) is 0 Å². The van der Waals surface area contributed by atoms with Gasteiger partial charge in [0.05, 0.1) is 21.8 Å². The van der Waals surface area contributed by atoms with Crippen molar-refractivity contribution in [1.82, 2.24) is 15.2 Å². The first-order valence-electron chi connectivity index (χ1n) is 11.6. The highest BCUT2D eigenvalue weighted by Crippen LogP contribution is 2.51. The highest BCUT2D eigenvalue weighted by Gasteiger charge is 2.55. The fraction of sp³-hybridized carbons (Fsp3) is 0.500. The average Bonchev–Trinajstić information content (AvgIpc) is 3.29. The van der Waals surface area contributed by atoms with E-state index in [0.29, 0.717) is 33.6 Å². The van der Waals surface area contributed by atoms with Crippen LogP contribution in [-0.4, -0.2) is 86.5 Å². The molecule has 2 aromatic rings. The third kappa shape index (κ3) is 6.22. The number of pyridine rings is 1. The van der Waals surface area contributed by atoms with Gasteiger partial charge in [-0.25, -0.2) is 9.59 Å². The number of hydrogen-bond acceptors (Lipinski definition) is 8. The van der Waals surface area contributed by atoms with Gasteiger partial charge < -0.3 is 36.4 Å². The van der Waals surface area contributed by atoms with E-state index < -0.39 is 24.1 Å². The smallest absolute Gasteiger partial charge is 0.335 e. The first-order chi connectivity index (χ1) is 16.9. The van der Waals surface area contributed by atoms with Crippen LogP contribution in [0.5, 0.6) is 0 Å². The van der Waals surface area contributed by atoms with Gasteiger partial charge in [-0.15, -0.1) is 0 Å². The molecule has 4 rings (SSSR count). The minimum Gasteiger partial charge on any atom is -0.479 e. The number of rotatable bonds is 8. The van der Waals surface area contributed by atoms with Gasteiger partial charge in [0.25, 0.3) is 5.91 Å². The van der Waals surface area contributed by atoms with E-state index in [0.717, 1.165) is 23.8 Å². The summed E-state index contributed by atoms with van der Waals surface area (Å²) in [6.45, 7) is 8.76. The van der Waals surface area contributed by atoms with Crippen molar-refractivity contribution in [2.75, 3.05) is 31.9 Å². The molecule has 1 aliphatic carbocycles. The van der Waals surface area contributed by atoms with Crippen LogP contribution >= 0.6 is 11.6 Å². The Morgan fingerprint density at radius 1 is 1.17 bits per heavy atom. The summed E-state index contributed by atoms with van der Waals surface area (Å²) in [5, 5.41) is 36.7. The molecule has 0 radical (unpaired) electrons. The summed E-state index contributed by atoms with van der Waals surface area (Å²) in [4.78, 5) is 39.2. The standard InChI is InChI=1S/C20H25ClN4O.C4H6O6/c1-11(2)8-25-9-15-14(16(15)10-25)7-24-20(26)13-6-17(21)18(22)12-4-3-5-23-19(12)13;5-1(3(7)8)2(6)4(9)10/h3-6,11,14-16H,7-10,22H2,1-2H3,(H,24,26);1-2,5-6H,(H,7,8)(H,9,10)/t;1-,2-/m.1/s1. The number of halogens is 1. The maximum atomic E-state index is 12.7. The van der Waals surface area contributed by atoms with Crippen molar-refractivity contribution < 1.29 is 34.8 Å². The van der Waals surface area contributed by atoms with Crippen molar-refractivity contribution in [3.8, 4) is 0 Å². The molecule has 4 atom stereocenters. The Balaban J connectivity index is 0.000000308. The lowest BCUT2D eigenvalue weighted by Crippen LogP contribution is -2.39. The Morgan fingerprint density at radius 3 is 2.28 bits per heavy atom. The van der Waals surface area contributed by atoms with E-state index in [1.807, 2.05) is 6.07 Å². The van der Waals surface area contributed by atoms with Crippen LogP contribution in [0.2, 0.25) is 5.02 Å². The number of likely N-dealkylation sites (tertiary alicyclic amines) is 1. The molecular formula is C24H31ClN4O7. The Bertz CT molecular complexity index is 1110. The second-order valence-corrected chi connectivity index (χ2v) is 10.0. The van der Waals surface area contributed by atoms with Crippen molar-refractivity contribution in [3.05, 3.63) is 35.0 Å². The minimum atomic E-state index is -2.27. The largest absolute Gasteiger partial charge is 0.479 e. The van der Waals surface area contributed by atoms with Crippen LogP contribution < -0.4 is 11.1 Å². The molecule has 1 saturated carbocycles. The van der Waals surface area contributed by atoms with Gasteiger partial charge in [-0.05, 0) is 41.9 Å². The zero-order chi connectivity index (χ0) is 26.7. The van der Waals surface area contributed by atoms with Crippen molar-refractivity contribution in [2.24, 2.45) is 23.7 Å². The molecule has 7 N–H and O–H groups in total. The summed E-state index contributed by atoms with van der Waals surface area (Å²) >= 11 is 6.21.